The van der Waals surface area contributed by atoms with Crippen molar-refractivity contribution in [2.24, 2.45) is 0 Å². The van der Waals surface area contributed by atoms with E-state index in [0.29, 0.717) is 5.02 Å². The number of nitrogens with one attached hydrogen (secondary N) is 1. The third-order valence-corrected chi connectivity index (χ3v) is 4.09. The molecule has 3 rings (SSSR count). The summed E-state index contributed by atoms with van der Waals surface area (Å²) >= 11 is 6.15. The SMILES string of the molecule is CCCC1(c2nc3cccc(Cl)c3o2)CCNC1. The molecule has 4 heteroatoms. The zero-order chi connectivity index (χ0) is 12.6. The summed E-state index contributed by atoms with van der Waals surface area (Å²) in [5.41, 5.74) is 1.63. The van der Waals surface area contributed by atoms with Gasteiger partial charge in [0.1, 0.15) is 5.52 Å². The number of oxazole rings is 1. The van der Waals surface area contributed by atoms with Gasteiger partial charge in [-0.15, -0.1) is 0 Å². The molecule has 0 bridgehead atoms. The molecule has 1 aromatic carbocycles. The van der Waals surface area contributed by atoms with Crippen LogP contribution in [0.5, 0.6) is 0 Å². The summed E-state index contributed by atoms with van der Waals surface area (Å²) in [5, 5.41) is 4.06. The summed E-state index contributed by atoms with van der Waals surface area (Å²) in [7, 11) is 0. The van der Waals surface area contributed by atoms with Gasteiger partial charge in [-0.05, 0) is 31.5 Å². The standard InChI is InChI=1S/C14H17ClN2O/c1-2-6-14(7-8-16-9-14)13-17-11-5-3-4-10(15)12(11)18-13/h3-5,16H,2,6-9H2,1H3. The number of halogens is 1. The van der Waals surface area contributed by atoms with Crippen molar-refractivity contribution >= 4 is 22.7 Å². The summed E-state index contributed by atoms with van der Waals surface area (Å²) in [4.78, 5) is 4.66. The van der Waals surface area contributed by atoms with Crippen LogP contribution in [-0.2, 0) is 5.41 Å². The molecule has 18 heavy (non-hydrogen) atoms. The number of benzene rings is 1. The average molecular weight is 265 g/mol. The van der Waals surface area contributed by atoms with Gasteiger partial charge in [0.2, 0.25) is 5.89 Å². The molecule has 2 heterocycles. The predicted molar refractivity (Wildman–Crippen MR) is 73.1 cm³/mol. The summed E-state index contributed by atoms with van der Waals surface area (Å²) in [6, 6.07) is 5.71. The highest BCUT2D eigenvalue weighted by molar-refractivity contribution is 6.34. The number of hydrogen-bond donors (Lipinski definition) is 1. The molecule has 1 aromatic heterocycles. The Balaban J connectivity index is 2.09. The largest absolute Gasteiger partial charge is 0.438 e. The monoisotopic (exact) mass is 264 g/mol. The first-order chi connectivity index (χ1) is 8.75. The second-order valence-electron chi connectivity index (χ2n) is 5.06. The molecule has 0 radical (unpaired) electrons. The minimum absolute atomic E-state index is 0.0527. The third-order valence-electron chi connectivity index (χ3n) is 3.79. The fourth-order valence-corrected chi connectivity index (χ4v) is 3.08. The van der Waals surface area contributed by atoms with E-state index in [-0.39, 0.29) is 5.41 Å². The van der Waals surface area contributed by atoms with E-state index in [1.807, 2.05) is 18.2 Å². The number of nitrogens with zero attached hydrogens (tertiary/aromatic N) is 1. The topological polar surface area (TPSA) is 38.1 Å². The maximum atomic E-state index is 6.15. The lowest BCUT2D eigenvalue weighted by Crippen LogP contribution is -2.29. The van der Waals surface area contributed by atoms with Crippen molar-refractivity contribution in [3.8, 4) is 0 Å². The molecule has 1 aliphatic rings. The van der Waals surface area contributed by atoms with Gasteiger partial charge < -0.3 is 9.73 Å². The Kier molecular flexibility index (Phi) is 3.04. The summed E-state index contributed by atoms with van der Waals surface area (Å²) in [5.74, 6) is 0.845. The first kappa shape index (κ1) is 12.0. The van der Waals surface area contributed by atoms with Gasteiger partial charge in [0, 0.05) is 6.54 Å². The van der Waals surface area contributed by atoms with Crippen LogP contribution in [0.2, 0.25) is 5.02 Å². The lowest BCUT2D eigenvalue weighted by atomic mass is 9.82. The van der Waals surface area contributed by atoms with Crippen LogP contribution in [0.25, 0.3) is 11.1 Å². The highest BCUT2D eigenvalue weighted by Crippen LogP contribution is 2.37. The molecule has 1 atom stereocenters. The van der Waals surface area contributed by atoms with Crippen LogP contribution in [0.15, 0.2) is 22.6 Å². The number of hydrogen-bond acceptors (Lipinski definition) is 3. The van der Waals surface area contributed by atoms with Crippen molar-refractivity contribution in [3.63, 3.8) is 0 Å². The lowest BCUT2D eigenvalue weighted by molar-refractivity contribution is 0.331. The second-order valence-corrected chi connectivity index (χ2v) is 5.47. The van der Waals surface area contributed by atoms with Crippen LogP contribution in [0.3, 0.4) is 0 Å². The first-order valence-electron chi connectivity index (χ1n) is 6.51. The normalized spacial score (nSPS) is 23.9. The van der Waals surface area contributed by atoms with E-state index in [2.05, 4.69) is 17.2 Å². The molecule has 1 aliphatic heterocycles. The van der Waals surface area contributed by atoms with Gasteiger partial charge in [-0.3, -0.25) is 0 Å². The van der Waals surface area contributed by atoms with Crippen molar-refractivity contribution in [2.75, 3.05) is 13.1 Å². The smallest absolute Gasteiger partial charge is 0.203 e. The average Bonchev–Trinajstić information content (AvgIpc) is 2.97. The van der Waals surface area contributed by atoms with E-state index in [0.717, 1.165) is 49.3 Å². The molecule has 1 fully saturated rings. The molecule has 96 valence electrons. The summed E-state index contributed by atoms with van der Waals surface area (Å²) in [6.45, 7) is 4.19. The van der Waals surface area contributed by atoms with Gasteiger partial charge in [-0.2, -0.15) is 0 Å². The van der Waals surface area contributed by atoms with Crippen molar-refractivity contribution in [1.29, 1.82) is 0 Å². The van der Waals surface area contributed by atoms with Gasteiger partial charge in [-0.1, -0.05) is 31.0 Å². The third kappa shape index (κ3) is 1.82. The molecule has 1 saturated heterocycles. The maximum Gasteiger partial charge on any atom is 0.203 e. The molecule has 1 N–H and O–H groups in total. The molecule has 3 nitrogen and oxygen atoms in total. The number of rotatable bonds is 3. The minimum Gasteiger partial charge on any atom is -0.438 e. The van der Waals surface area contributed by atoms with Crippen molar-refractivity contribution in [2.45, 2.75) is 31.6 Å². The molecule has 1 unspecified atom stereocenters. The van der Waals surface area contributed by atoms with Crippen molar-refractivity contribution in [3.05, 3.63) is 29.1 Å². The van der Waals surface area contributed by atoms with Crippen LogP contribution in [0, 0.1) is 0 Å². The van der Waals surface area contributed by atoms with Crippen LogP contribution >= 0.6 is 11.6 Å². The van der Waals surface area contributed by atoms with E-state index in [1.165, 1.54) is 0 Å². The lowest BCUT2D eigenvalue weighted by Gasteiger charge is -2.23. The summed E-state index contributed by atoms with van der Waals surface area (Å²) < 4.78 is 5.96. The highest BCUT2D eigenvalue weighted by Gasteiger charge is 2.39. The van der Waals surface area contributed by atoms with E-state index in [4.69, 9.17) is 16.0 Å². The molecule has 0 saturated carbocycles. The van der Waals surface area contributed by atoms with Crippen molar-refractivity contribution < 1.29 is 4.42 Å². The molecular formula is C14H17ClN2O. The van der Waals surface area contributed by atoms with Crippen LogP contribution in [-0.4, -0.2) is 18.1 Å². The van der Waals surface area contributed by atoms with Gasteiger partial charge in [0.15, 0.2) is 5.58 Å². The second kappa shape index (κ2) is 4.56. The maximum absolute atomic E-state index is 6.15. The van der Waals surface area contributed by atoms with Crippen LogP contribution in [0.1, 0.15) is 32.1 Å². The number of para-hydroxylation sites is 1. The molecule has 0 spiro atoms. The van der Waals surface area contributed by atoms with E-state index >= 15 is 0 Å². The van der Waals surface area contributed by atoms with E-state index in [9.17, 15) is 0 Å². The van der Waals surface area contributed by atoms with Crippen LogP contribution < -0.4 is 5.32 Å². The molecule has 2 aromatic rings. The Labute approximate surface area is 112 Å². The molecular weight excluding hydrogens is 248 g/mol. The Bertz CT molecular complexity index is 558. The van der Waals surface area contributed by atoms with E-state index in [1.54, 1.807) is 0 Å². The van der Waals surface area contributed by atoms with Crippen molar-refractivity contribution in [1.82, 2.24) is 10.3 Å². The Morgan fingerprint density at radius 1 is 1.50 bits per heavy atom. The summed E-state index contributed by atoms with van der Waals surface area (Å²) in [6.07, 6.45) is 3.32. The Morgan fingerprint density at radius 2 is 2.39 bits per heavy atom. The number of fused-ring (bicyclic) bond motifs is 1. The fraction of sp³-hybridized carbons (Fsp3) is 0.500. The Hall–Kier alpha value is -1.06. The first-order valence-corrected chi connectivity index (χ1v) is 6.89. The Morgan fingerprint density at radius 3 is 3.06 bits per heavy atom. The minimum atomic E-state index is 0.0527. The molecule has 0 amide bonds. The van der Waals surface area contributed by atoms with Gasteiger partial charge in [0.25, 0.3) is 0 Å². The van der Waals surface area contributed by atoms with E-state index < -0.39 is 0 Å². The number of aromatic nitrogens is 1. The van der Waals surface area contributed by atoms with Gasteiger partial charge >= 0.3 is 0 Å². The predicted octanol–water partition coefficient (Wildman–Crippen LogP) is 3.51. The quantitative estimate of drug-likeness (QED) is 0.922. The molecule has 0 aliphatic carbocycles. The van der Waals surface area contributed by atoms with Gasteiger partial charge in [-0.25, -0.2) is 4.98 Å². The fourth-order valence-electron chi connectivity index (χ4n) is 2.87. The highest BCUT2D eigenvalue weighted by atomic mass is 35.5. The zero-order valence-electron chi connectivity index (χ0n) is 10.5. The van der Waals surface area contributed by atoms with Crippen LogP contribution in [0.4, 0.5) is 0 Å². The zero-order valence-corrected chi connectivity index (χ0v) is 11.3. The van der Waals surface area contributed by atoms with Gasteiger partial charge in [0.05, 0.1) is 10.4 Å².